The summed E-state index contributed by atoms with van der Waals surface area (Å²) >= 11 is 0. The predicted octanol–water partition coefficient (Wildman–Crippen LogP) is 2.45. The number of hydrogen-bond donors (Lipinski definition) is 0. The Balaban J connectivity index is 1.45. The number of halogens is 2. The molecule has 3 aliphatic heterocycles. The number of rotatable bonds is 4. The lowest BCUT2D eigenvalue weighted by atomic mass is 9.87. The van der Waals surface area contributed by atoms with Crippen LogP contribution in [0, 0.1) is 11.3 Å². The van der Waals surface area contributed by atoms with Crippen molar-refractivity contribution in [1.29, 1.82) is 5.26 Å². The van der Waals surface area contributed by atoms with Crippen LogP contribution in [-0.2, 0) is 21.0 Å². The molecule has 0 aromatic carbocycles. The number of fused-ring (bicyclic) bond motifs is 1. The molecule has 3 atom stereocenters. The molecule has 2 saturated heterocycles. The van der Waals surface area contributed by atoms with Crippen molar-refractivity contribution in [2.24, 2.45) is 0 Å². The van der Waals surface area contributed by atoms with Gasteiger partial charge >= 0.3 is 0 Å². The van der Waals surface area contributed by atoms with E-state index in [9.17, 15) is 17.8 Å². The van der Waals surface area contributed by atoms with E-state index in [1.54, 1.807) is 17.9 Å². The molecule has 13 heteroatoms. The molecule has 5 heterocycles. The minimum Gasteiger partial charge on any atom is -0.352 e. The van der Waals surface area contributed by atoms with Crippen LogP contribution in [0.25, 0.3) is 0 Å². The largest absolute Gasteiger partial charge is 0.352 e. The zero-order valence-corrected chi connectivity index (χ0v) is 21.9. The number of anilines is 3. The summed E-state index contributed by atoms with van der Waals surface area (Å²) in [6.07, 6.45) is -0.783. The van der Waals surface area contributed by atoms with Crippen LogP contribution in [0.3, 0.4) is 0 Å². The Hall–Kier alpha value is -3.27. The van der Waals surface area contributed by atoms with E-state index in [0.29, 0.717) is 44.2 Å². The molecule has 2 aromatic heterocycles. The first-order valence-corrected chi connectivity index (χ1v) is 13.4. The van der Waals surface area contributed by atoms with E-state index in [2.05, 4.69) is 25.1 Å². The third kappa shape index (κ3) is 4.02. The van der Waals surface area contributed by atoms with Crippen molar-refractivity contribution in [2.75, 3.05) is 41.7 Å². The van der Waals surface area contributed by atoms with E-state index < -0.39 is 38.6 Å². The standard InChI is InChI=1S/C24H28F2N8O2S/c1-14-11-32(6-7-33(14)22(35)24(4)5-8-37(24)36)20-18-21(29-13-28-20)34(12-23(18,2)3)17-9-15(19(25)26)16(10-27)30-31-17/h9,13-14,19H,5-8,11-12H2,1-4H3/t14?,24-,37?/m0/s1. The van der Waals surface area contributed by atoms with Crippen LogP contribution < -0.4 is 9.80 Å². The third-order valence-corrected chi connectivity index (χ3v) is 9.59. The van der Waals surface area contributed by atoms with Crippen LogP contribution in [0.5, 0.6) is 0 Å². The normalized spacial score (nSPS) is 26.6. The number of piperazine rings is 1. The topological polar surface area (TPSA) is 119 Å². The van der Waals surface area contributed by atoms with Gasteiger partial charge in [0.2, 0.25) is 5.91 Å². The fraction of sp³-hybridized carbons (Fsp3) is 0.583. The highest BCUT2D eigenvalue weighted by atomic mass is 32.2. The highest BCUT2D eigenvalue weighted by Gasteiger charge is 2.50. The minimum atomic E-state index is -2.86. The number of carbonyl (C=O) groups excluding carboxylic acids is 1. The van der Waals surface area contributed by atoms with Crippen LogP contribution in [0.1, 0.15) is 57.4 Å². The van der Waals surface area contributed by atoms with E-state index in [1.807, 2.05) is 25.7 Å². The van der Waals surface area contributed by atoms with Gasteiger partial charge in [-0.1, -0.05) is 13.8 Å². The summed E-state index contributed by atoms with van der Waals surface area (Å²) in [7, 11) is -1.13. The third-order valence-electron chi connectivity index (χ3n) is 7.63. The van der Waals surface area contributed by atoms with E-state index in [0.717, 1.165) is 11.4 Å². The van der Waals surface area contributed by atoms with Gasteiger partial charge in [0.15, 0.2) is 11.5 Å². The van der Waals surface area contributed by atoms with E-state index >= 15 is 0 Å². The van der Waals surface area contributed by atoms with E-state index in [-0.39, 0.29) is 17.8 Å². The average Bonchev–Trinajstić information content (AvgIpc) is 3.17. The van der Waals surface area contributed by atoms with Crippen molar-refractivity contribution in [3.8, 4) is 6.07 Å². The van der Waals surface area contributed by atoms with Crippen LogP contribution in [0.15, 0.2) is 12.4 Å². The second kappa shape index (κ2) is 8.93. The minimum absolute atomic E-state index is 0.0575. The van der Waals surface area contributed by atoms with Gasteiger partial charge < -0.3 is 14.7 Å². The molecule has 3 aliphatic rings. The number of nitrogens with zero attached hydrogens (tertiary/aromatic N) is 8. The molecule has 5 rings (SSSR count). The summed E-state index contributed by atoms with van der Waals surface area (Å²) in [5, 5.41) is 16.9. The van der Waals surface area contributed by atoms with Crippen molar-refractivity contribution in [2.45, 2.75) is 56.7 Å². The monoisotopic (exact) mass is 530 g/mol. The summed E-state index contributed by atoms with van der Waals surface area (Å²) in [5.74, 6) is 1.98. The number of hydrogen-bond acceptors (Lipinski definition) is 9. The maximum absolute atomic E-state index is 13.6. The Morgan fingerprint density at radius 3 is 2.54 bits per heavy atom. The number of carbonyl (C=O) groups is 1. The van der Waals surface area contributed by atoms with Crippen molar-refractivity contribution < 1.29 is 17.8 Å². The maximum Gasteiger partial charge on any atom is 0.266 e. The molecule has 196 valence electrons. The second-order valence-corrected chi connectivity index (χ2v) is 12.6. The van der Waals surface area contributed by atoms with Gasteiger partial charge in [-0.3, -0.25) is 9.00 Å². The number of alkyl halides is 2. The van der Waals surface area contributed by atoms with Gasteiger partial charge in [-0.2, -0.15) is 5.26 Å². The zero-order valence-electron chi connectivity index (χ0n) is 21.1. The molecule has 1 amide bonds. The lowest BCUT2D eigenvalue weighted by Crippen LogP contribution is -2.63. The summed E-state index contributed by atoms with van der Waals surface area (Å²) < 4.78 is 38.6. The number of aromatic nitrogens is 4. The van der Waals surface area contributed by atoms with Gasteiger partial charge in [0, 0.05) is 59.8 Å². The molecule has 2 unspecified atom stereocenters. The molecule has 0 spiro atoms. The number of amides is 1. The molecule has 0 saturated carbocycles. The average molecular weight is 531 g/mol. The molecule has 0 radical (unpaired) electrons. The fourth-order valence-electron chi connectivity index (χ4n) is 5.39. The van der Waals surface area contributed by atoms with Gasteiger partial charge in [0.1, 0.15) is 28.8 Å². The first kappa shape index (κ1) is 25.4. The van der Waals surface area contributed by atoms with Crippen LogP contribution >= 0.6 is 0 Å². The van der Waals surface area contributed by atoms with Gasteiger partial charge in [-0.15, -0.1) is 10.2 Å². The summed E-state index contributed by atoms with van der Waals surface area (Å²) in [6.45, 7) is 9.80. The molecule has 0 aliphatic carbocycles. The highest BCUT2D eigenvalue weighted by Crippen LogP contribution is 2.47. The summed E-state index contributed by atoms with van der Waals surface area (Å²) in [6, 6.07) is 2.75. The van der Waals surface area contributed by atoms with Crippen LogP contribution in [-0.4, -0.2) is 77.9 Å². The smallest absolute Gasteiger partial charge is 0.266 e. The molecular weight excluding hydrogens is 502 g/mol. The first-order chi connectivity index (χ1) is 17.5. The summed E-state index contributed by atoms with van der Waals surface area (Å²) in [4.78, 5) is 27.9. The van der Waals surface area contributed by atoms with Gasteiger partial charge in [-0.05, 0) is 26.3 Å². The van der Waals surface area contributed by atoms with Crippen molar-refractivity contribution >= 4 is 34.2 Å². The van der Waals surface area contributed by atoms with Crippen molar-refractivity contribution in [3.63, 3.8) is 0 Å². The van der Waals surface area contributed by atoms with Gasteiger partial charge in [0.05, 0.1) is 5.56 Å². The quantitative estimate of drug-likeness (QED) is 0.587. The number of nitriles is 1. The zero-order chi connectivity index (χ0) is 26.7. The van der Waals surface area contributed by atoms with Crippen molar-refractivity contribution in [3.05, 3.63) is 29.2 Å². The van der Waals surface area contributed by atoms with E-state index in [4.69, 9.17) is 5.26 Å². The molecule has 37 heavy (non-hydrogen) atoms. The Morgan fingerprint density at radius 1 is 1.22 bits per heavy atom. The SMILES string of the molecule is CC1CN(c2ncnc3c2C(C)(C)CN3c2cc(C(F)F)c(C#N)nn2)CCN1C(=O)[C@]1(C)CCS1=O. The maximum atomic E-state index is 13.6. The van der Waals surface area contributed by atoms with Gasteiger partial charge in [0.25, 0.3) is 6.43 Å². The van der Waals surface area contributed by atoms with Gasteiger partial charge in [-0.25, -0.2) is 18.7 Å². The van der Waals surface area contributed by atoms with Crippen LogP contribution in [0.2, 0.25) is 0 Å². The predicted molar refractivity (Wildman–Crippen MR) is 133 cm³/mol. The molecule has 10 nitrogen and oxygen atoms in total. The van der Waals surface area contributed by atoms with Crippen LogP contribution in [0.4, 0.5) is 26.2 Å². The Labute approximate surface area is 216 Å². The molecular formula is C24H28F2N8O2S. The lowest BCUT2D eigenvalue weighted by molar-refractivity contribution is -0.136. The Morgan fingerprint density at radius 2 is 1.95 bits per heavy atom. The molecule has 2 fully saturated rings. The van der Waals surface area contributed by atoms with E-state index in [1.165, 1.54) is 12.4 Å². The Kier molecular flexibility index (Phi) is 6.13. The molecule has 0 bridgehead atoms. The summed E-state index contributed by atoms with van der Waals surface area (Å²) in [5.41, 5.74) is -0.455. The molecule has 2 aromatic rings. The first-order valence-electron chi connectivity index (χ1n) is 12.1. The second-order valence-electron chi connectivity index (χ2n) is 10.6. The Bertz CT molecular complexity index is 1330. The highest BCUT2D eigenvalue weighted by molar-refractivity contribution is 7.88. The molecule has 0 N–H and O–H groups in total. The lowest BCUT2D eigenvalue weighted by Gasteiger charge is -2.46. The van der Waals surface area contributed by atoms with Crippen molar-refractivity contribution in [1.82, 2.24) is 25.1 Å². The fourth-order valence-corrected chi connectivity index (χ4v) is 6.68.